The molecule has 0 unspecified atom stereocenters. The molecule has 1 N–H and O–H groups in total. The Balaban J connectivity index is 2.25. The molecule has 2 aromatic rings. The summed E-state index contributed by atoms with van der Waals surface area (Å²) in [5.41, 5.74) is 1.34. The second kappa shape index (κ2) is 6.12. The molecule has 1 aromatic heterocycles. The number of nitrogens with zero attached hydrogens (tertiary/aromatic N) is 2. The fourth-order valence-corrected chi connectivity index (χ4v) is 2.29. The van der Waals surface area contributed by atoms with Gasteiger partial charge >= 0.3 is 0 Å². The Labute approximate surface area is 124 Å². The largest absolute Gasteiger partial charge is 0.365 e. The number of nitrogens with one attached hydrogen (secondary N) is 1. The lowest BCUT2D eigenvalue weighted by Gasteiger charge is -2.10. The molecule has 2 rings (SSSR count). The van der Waals surface area contributed by atoms with E-state index in [4.69, 9.17) is 11.6 Å². The van der Waals surface area contributed by atoms with E-state index in [0.717, 1.165) is 10.0 Å². The number of aldehydes is 1. The fourth-order valence-electron chi connectivity index (χ4n) is 1.61. The van der Waals surface area contributed by atoms with Crippen molar-refractivity contribution in [2.24, 2.45) is 0 Å². The second-order valence-corrected chi connectivity index (χ2v) is 5.10. The van der Waals surface area contributed by atoms with Crippen LogP contribution in [0.5, 0.6) is 0 Å². The van der Waals surface area contributed by atoms with Crippen molar-refractivity contribution in [3.05, 3.63) is 50.8 Å². The van der Waals surface area contributed by atoms with E-state index in [0.29, 0.717) is 24.5 Å². The fraction of sp³-hybridized carbons (Fsp3) is 0.154. The normalized spacial score (nSPS) is 10.3. The number of hydrogen-bond acceptors (Lipinski definition) is 4. The molecule has 98 valence electrons. The van der Waals surface area contributed by atoms with Gasteiger partial charge in [-0.1, -0.05) is 45.7 Å². The molecular weight excluding hydrogens is 330 g/mol. The van der Waals surface area contributed by atoms with Gasteiger partial charge in [0.25, 0.3) is 0 Å². The average molecular weight is 341 g/mol. The molecule has 0 amide bonds. The summed E-state index contributed by atoms with van der Waals surface area (Å²) in [4.78, 5) is 19.2. The van der Waals surface area contributed by atoms with Gasteiger partial charge in [0.2, 0.25) is 0 Å². The predicted molar refractivity (Wildman–Crippen MR) is 78.6 cm³/mol. The van der Waals surface area contributed by atoms with E-state index >= 15 is 0 Å². The highest BCUT2D eigenvalue weighted by Crippen LogP contribution is 2.21. The molecule has 0 aliphatic rings. The van der Waals surface area contributed by atoms with Crippen LogP contribution in [0.15, 0.2) is 28.7 Å². The molecule has 19 heavy (non-hydrogen) atoms. The monoisotopic (exact) mass is 339 g/mol. The molecule has 0 fully saturated rings. The minimum atomic E-state index is 0.164. The highest BCUT2D eigenvalue weighted by molar-refractivity contribution is 9.10. The summed E-state index contributed by atoms with van der Waals surface area (Å²) in [6.45, 7) is 2.26. The number of benzene rings is 1. The van der Waals surface area contributed by atoms with Gasteiger partial charge in [0, 0.05) is 11.0 Å². The van der Waals surface area contributed by atoms with Crippen molar-refractivity contribution in [2.75, 3.05) is 5.32 Å². The van der Waals surface area contributed by atoms with Crippen LogP contribution in [0.2, 0.25) is 5.15 Å². The Morgan fingerprint density at radius 2 is 2.11 bits per heavy atom. The van der Waals surface area contributed by atoms with Crippen molar-refractivity contribution in [1.29, 1.82) is 0 Å². The summed E-state index contributed by atoms with van der Waals surface area (Å²) in [6, 6.07) is 7.82. The molecule has 0 aliphatic carbocycles. The van der Waals surface area contributed by atoms with Crippen LogP contribution in [0.1, 0.15) is 21.7 Å². The molecule has 4 nitrogen and oxygen atoms in total. The van der Waals surface area contributed by atoms with Crippen LogP contribution >= 0.6 is 27.5 Å². The van der Waals surface area contributed by atoms with E-state index < -0.39 is 0 Å². The minimum Gasteiger partial charge on any atom is -0.365 e. The Kier molecular flexibility index (Phi) is 4.50. The number of hydrogen-bond donors (Lipinski definition) is 1. The molecule has 0 bridgehead atoms. The molecule has 0 radical (unpaired) electrons. The topological polar surface area (TPSA) is 54.9 Å². The highest BCUT2D eigenvalue weighted by Gasteiger charge is 2.11. The van der Waals surface area contributed by atoms with E-state index in [1.54, 1.807) is 6.92 Å². The van der Waals surface area contributed by atoms with Crippen LogP contribution < -0.4 is 5.32 Å². The summed E-state index contributed by atoms with van der Waals surface area (Å²) >= 11 is 9.38. The first-order chi connectivity index (χ1) is 9.11. The maximum absolute atomic E-state index is 11.0. The van der Waals surface area contributed by atoms with Crippen LogP contribution in [-0.4, -0.2) is 16.3 Å². The summed E-state index contributed by atoms with van der Waals surface area (Å²) in [6.07, 6.45) is 0.657. The number of rotatable bonds is 4. The number of aromatic nitrogens is 2. The van der Waals surface area contributed by atoms with Crippen LogP contribution in [0, 0.1) is 6.92 Å². The Hall–Kier alpha value is -1.46. The number of halogens is 2. The van der Waals surface area contributed by atoms with E-state index in [-0.39, 0.29) is 10.7 Å². The third kappa shape index (κ3) is 3.30. The number of carbonyl (C=O) groups is 1. The Morgan fingerprint density at radius 1 is 1.37 bits per heavy atom. The van der Waals surface area contributed by atoms with Crippen LogP contribution in [0.4, 0.5) is 5.82 Å². The van der Waals surface area contributed by atoms with Gasteiger partial charge in [-0.25, -0.2) is 9.97 Å². The van der Waals surface area contributed by atoms with Gasteiger partial charge in [-0.15, -0.1) is 0 Å². The van der Waals surface area contributed by atoms with Crippen molar-refractivity contribution in [2.45, 2.75) is 13.5 Å². The van der Waals surface area contributed by atoms with Gasteiger partial charge in [0.15, 0.2) is 6.29 Å². The predicted octanol–water partition coefficient (Wildman–Crippen LogP) is 3.63. The molecule has 1 heterocycles. The van der Waals surface area contributed by atoms with Crippen LogP contribution in [0.25, 0.3) is 0 Å². The van der Waals surface area contributed by atoms with Crippen molar-refractivity contribution in [1.82, 2.24) is 9.97 Å². The first-order valence-corrected chi connectivity index (χ1v) is 6.75. The summed E-state index contributed by atoms with van der Waals surface area (Å²) < 4.78 is 0.993. The van der Waals surface area contributed by atoms with Crippen molar-refractivity contribution >= 4 is 39.6 Å². The van der Waals surface area contributed by atoms with Crippen molar-refractivity contribution in [3.8, 4) is 0 Å². The van der Waals surface area contributed by atoms with E-state index in [1.165, 1.54) is 0 Å². The highest BCUT2D eigenvalue weighted by atomic mass is 79.9. The summed E-state index contributed by atoms with van der Waals surface area (Å²) in [5.74, 6) is 0.966. The average Bonchev–Trinajstić information content (AvgIpc) is 2.37. The second-order valence-electron chi connectivity index (χ2n) is 3.89. The lowest BCUT2D eigenvalue weighted by atomic mass is 10.2. The maximum Gasteiger partial charge on any atom is 0.156 e. The zero-order valence-electron chi connectivity index (χ0n) is 10.2. The van der Waals surface area contributed by atoms with Crippen LogP contribution in [0.3, 0.4) is 0 Å². The molecule has 0 spiro atoms. The third-order valence-electron chi connectivity index (χ3n) is 2.53. The molecule has 1 aromatic carbocycles. The molecule has 0 saturated carbocycles. The Morgan fingerprint density at radius 3 is 2.79 bits per heavy atom. The van der Waals surface area contributed by atoms with E-state index in [1.807, 2.05) is 24.3 Å². The van der Waals surface area contributed by atoms with Crippen molar-refractivity contribution in [3.63, 3.8) is 0 Å². The number of carbonyl (C=O) groups excluding carboxylic acids is 1. The molecule has 0 aliphatic heterocycles. The lowest BCUT2D eigenvalue weighted by Crippen LogP contribution is -2.07. The standard InChI is InChI=1S/C13H11BrClN3O/c1-8-17-12(15)10(7-19)13(18-8)16-6-9-4-2-3-5-11(9)14/h2-5,7H,6H2,1H3,(H,16,17,18). The van der Waals surface area contributed by atoms with Gasteiger partial charge in [0.1, 0.15) is 16.8 Å². The molecular formula is C13H11BrClN3O. The quantitative estimate of drug-likeness (QED) is 0.682. The van der Waals surface area contributed by atoms with Gasteiger partial charge in [-0.05, 0) is 18.6 Å². The Bertz CT molecular complexity index is 619. The molecule has 6 heteroatoms. The SMILES string of the molecule is Cc1nc(Cl)c(C=O)c(NCc2ccccc2Br)n1. The van der Waals surface area contributed by atoms with Crippen molar-refractivity contribution < 1.29 is 4.79 Å². The van der Waals surface area contributed by atoms with Crippen LogP contribution in [-0.2, 0) is 6.54 Å². The third-order valence-corrected chi connectivity index (χ3v) is 3.59. The summed E-state index contributed by atoms with van der Waals surface area (Å²) in [5, 5.41) is 3.27. The summed E-state index contributed by atoms with van der Waals surface area (Å²) in [7, 11) is 0. The van der Waals surface area contributed by atoms with Gasteiger partial charge in [0.05, 0.1) is 5.56 Å². The first-order valence-electron chi connectivity index (χ1n) is 5.58. The number of anilines is 1. The maximum atomic E-state index is 11.0. The van der Waals surface area contributed by atoms with Gasteiger partial charge in [-0.2, -0.15) is 0 Å². The van der Waals surface area contributed by atoms with E-state index in [2.05, 4.69) is 31.2 Å². The lowest BCUT2D eigenvalue weighted by molar-refractivity contribution is 0.112. The zero-order chi connectivity index (χ0) is 13.8. The van der Waals surface area contributed by atoms with Gasteiger partial charge in [-0.3, -0.25) is 4.79 Å². The van der Waals surface area contributed by atoms with E-state index in [9.17, 15) is 4.79 Å². The molecule has 0 saturated heterocycles. The zero-order valence-corrected chi connectivity index (χ0v) is 12.5. The minimum absolute atomic E-state index is 0.164. The smallest absolute Gasteiger partial charge is 0.156 e. The first kappa shape index (κ1) is 14.0. The number of aryl methyl sites for hydroxylation is 1. The molecule has 0 atom stereocenters. The van der Waals surface area contributed by atoms with Gasteiger partial charge < -0.3 is 5.32 Å².